The number of hydrogen-bond donors (Lipinski definition) is 1. The van der Waals surface area contributed by atoms with Crippen LogP contribution in [0.1, 0.15) is 47.1 Å². The summed E-state index contributed by atoms with van der Waals surface area (Å²) < 4.78 is 7.61. The molecule has 0 saturated heterocycles. The van der Waals surface area contributed by atoms with Crippen LogP contribution in [0.15, 0.2) is 54.7 Å². The molecule has 28 heavy (non-hydrogen) atoms. The van der Waals surface area contributed by atoms with Crippen LogP contribution in [-0.4, -0.2) is 15.7 Å². The second kappa shape index (κ2) is 8.93. The Bertz CT molecular complexity index is 951. The number of carbonyl (C=O) groups excluding carboxylic acids is 1. The zero-order valence-corrected chi connectivity index (χ0v) is 17.0. The number of para-hydroxylation sites is 1. The summed E-state index contributed by atoms with van der Waals surface area (Å²) in [5.74, 6) is 0.525. The van der Waals surface area contributed by atoms with Gasteiger partial charge < -0.3 is 10.1 Å². The third kappa shape index (κ3) is 4.73. The van der Waals surface area contributed by atoms with Gasteiger partial charge in [-0.1, -0.05) is 35.9 Å². The van der Waals surface area contributed by atoms with Gasteiger partial charge in [0, 0.05) is 23.9 Å². The first-order chi connectivity index (χ1) is 13.5. The fraction of sp³-hybridized carbons (Fsp3) is 0.273. The highest BCUT2D eigenvalue weighted by Gasteiger charge is 2.16. The monoisotopic (exact) mass is 397 g/mol. The van der Waals surface area contributed by atoms with E-state index in [0.717, 1.165) is 23.4 Å². The van der Waals surface area contributed by atoms with Crippen molar-refractivity contribution in [1.29, 1.82) is 0 Å². The Balaban J connectivity index is 1.60. The highest BCUT2D eigenvalue weighted by atomic mass is 35.5. The second-order valence-corrected chi connectivity index (χ2v) is 7.04. The van der Waals surface area contributed by atoms with Gasteiger partial charge in [0.1, 0.15) is 12.4 Å². The zero-order valence-electron chi connectivity index (χ0n) is 16.3. The molecule has 6 heteroatoms. The van der Waals surface area contributed by atoms with Crippen LogP contribution in [0, 0.1) is 6.92 Å². The van der Waals surface area contributed by atoms with E-state index in [1.807, 2.05) is 62.0 Å². The molecule has 3 aromatic rings. The predicted molar refractivity (Wildman–Crippen MR) is 111 cm³/mol. The minimum absolute atomic E-state index is 0.115. The van der Waals surface area contributed by atoms with Gasteiger partial charge in [-0.2, -0.15) is 5.10 Å². The summed E-state index contributed by atoms with van der Waals surface area (Å²) in [6.07, 6.45) is 1.98. The fourth-order valence-corrected chi connectivity index (χ4v) is 3.14. The first kappa shape index (κ1) is 20.0. The lowest BCUT2D eigenvalue weighted by Gasteiger charge is -2.14. The third-order valence-corrected chi connectivity index (χ3v) is 4.88. The number of benzene rings is 2. The molecule has 0 unspecified atom stereocenters. The van der Waals surface area contributed by atoms with Crippen LogP contribution < -0.4 is 10.1 Å². The summed E-state index contributed by atoms with van der Waals surface area (Å²) in [6, 6.07) is 14.6. The van der Waals surface area contributed by atoms with Crippen molar-refractivity contribution in [2.45, 2.75) is 40.0 Å². The predicted octanol–water partition coefficient (Wildman–Crippen LogP) is 4.93. The van der Waals surface area contributed by atoms with E-state index in [4.69, 9.17) is 16.3 Å². The first-order valence-corrected chi connectivity index (χ1v) is 9.66. The minimum Gasteiger partial charge on any atom is -0.487 e. The highest BCUT2D eigenvalue weighted by Crippen LogP contribution is 2.24. The number of aryl methyl sites for hydroxylation is 2. The minimum atomic E-state index is -0.116. The molecule has 1 amide bonds. The van der Waals surface area contributed by atoms with E-state index in [1.54, 1.807) is 18.2 Å². The molecule has 5 nitrogen and oxygen atoms in total. The number of nitrogens with zero attached hydrogens (tertiary/aromatic N) is 2. The normalized spacial score (nSPS) is 11.9. The lowest BCUT2D eigenvalue weighted by molar-refractivity contribution is 0.0939. The molecule has 2 aromatic carbocycles. The molecule has 0 bridgehead atoms. The smallest absolute Gasteiger partial charge is 0.251 e. The number of hydrogen-bond acceptors (Lipinski definition) is 3. The third-order valence-electron chi connectivity index (χ3n) is 4.57. The van der Waals surface area contributed by atoms with Gasteiger partial charge in [-0.05, 0) is 50.6 Å². The van der Waals surface area contributed by atoms with Crippen molar-refractivity contribution in [2.75, 3.05) is 0 Å². The molecule has 1 N–H and O–H groups in total. The van der Waals surface area contributed by atoms with E-state index >= 15 is 0 Å². The van der Waals surface area contributed by atoms with Gasteiger partial charge in [0.15, 0.2) is 0 Å². The van der Waals surface area contributed by atoms with E-state index in [9.17, 15) is 4.79 Å². The summed E-state index contributed by atoms with van der Waals surface area (Å²) in [4.78, 5) is 12.6. The molecule has 0 fully saturated rings. The molecule has 3 rings (SSSR count). The Morgan fingerprint density at radius 2 is 1.93 bits per heavy atom. The quantitative estimate of drug-likeness (QED) is 0.614. The Morgan fingerprint density at radius 3 is 2.57 bits per heavy atom. The van der Waals surface area contributed by atoms with Crippen LogP contribution >= 0.6 is 11.6 Å². The molecule has 1 atom stereocenters. The standard InChI is InChI=1S/C22H24ClN3O2/c1-4-26-13-19(16(3)25-26)15(2)24-22(27)18-11-9-17(10-12-18)14-28-21-8-6-5-7-20(21)23/h5-13,15H,4,14H2,1-3H3,(H,24,27)/t15-/m0/s1. The molecular formula is C22H24ClN3O2. The first-order valence-electron chi connectivity index (χ1n) is 9.29. The molecule has 0 saturated carbocycles. The highest BCUT2D eigenvalue weighted by molar-refractivity contribution is 6.32. The van der Waals surface area contributed by atoms with E-state index in [0.29, 0.717) is 22.9 Å². The lowest BCUT2D eigenvalue weighted by Crippen LogP contribution is -2.26. The molecule has 0 aliphatic rings. The van der Waals surface area contributed by atoms with Gasteiger partial charge in [-0.15, -0.1) is 0 Å². The van der Waals surface area contributed by atoms with Gasteiger partial charge >= 0.3 is 0 Å². The largest absolute Gasteiger partial charge is 0.487 e. The summed E-state index contributed by atoms with van der Waals surface area (Å²) in [7, 11) is 0. The number of ether oxygens (including phenoxy) is 1. The Hall–Kier alpha value is -2.79. The van der Waals surface area contributed by atoms with Crippen LogP contribution in [0.2, 0.25) is 5.02 Å². The van der Waals surface area contributed by atoms with Gasteiger partial charge in [0.05, 0.1) is 16.8 Å². The van der Waals surface area contributed by atoms with Crippen molar-refractivity contribution in [1.82, 2.24) is 15.1 Å². The molecule has 0 spiro atoms. The van der Waals surface area contributed by atoms with Crippen molar-refractivity contribution < 1.29 is 9.53 Å². The average molecular weight is 398 g/mol. The maximum Gasteiger partial charge on any atom is 0.251 e. The zero-order chi connectivity index (χ0) is 20.1. The molecule has 0 radical (unpaired) electrons. The van der Waals surface area contributed by atoms with E-state index in [-0.39, 0.29) is 11.9 Å². The van der Waals surface area contributed by atoms with Crippen LogP contribution in [0.4, 0.5) is 0 Å². The van der Waals surface area contributed by atoms with E-state index in [1.165, 1.54) is 0 Å². The molecular weight excluding hydrogens is 374 g/mol. The summed E-state index contributed by atoms with van der Waals surface area (Å²) in [5.41, 5.74) is 3.53. The van der Waals surface area contributed by atoms with Gasteiger partial charge in [0.2, 0.25) is 0 Å². The summed E-state index contributed by atoms with van der Waals surface area (Å²) >= 11 is 6.09. The molecule has 1 aromatic heterocycles. The van der Waals surface area contributed by atoms with E-state index in [2.05, 4.69) is 10.4 Å². The number of aromatic nitrogens is 2. The summed E-state index contributed by atoms with van der Waals surface area (Å²) in [5, 5.41) is 8.05. The van der Waals surface area contributed by atoms with Crippen LogP contribution in [0.5, 0.6) is 5.75 Å². The van der Waals surface area contributed by atoms with Crippen LogP contribution in [0.25, 0.3) is 0 Å². The number of halogens is 1. The molecule has 0 aliphatic heterocycles. The number of carbonyl (C=O) groups is 1. The SMILES string of the molecule is CCn1cc([C@H](C)NC(=O)c2ccc(COc3ccccc3Cl)cc2)c(C)n1. The Kier molecular flexibility index (Phi) is 6.37. The molecule has 146 valence electrons. The maximum atomic E-state index is 12.6. The van der Waals surface area contributed by atoms with Gasteiger partial charge in [0.25, 0.3) is 5.91 Å². The average Bonchev–Trinajstić information content (AvgIpc) is 3.08. The fourth-order valence-electron chi connectivity index (χ4n) is 2.95. The van der Waals surface area contributed by atoms with E-state index < -0.39 is 0 Å². The van der Waals surface area contributed by atoms with Crippen molar-refractivity contribution in [3.8, 4) is 5.75 Å². The van der Waals surface area contributed by atoms with Gasteiger partial charge in [-0.3, -0.25) is 9.48 Å². The van der Waals surface area contributed by atoms with Gasteiger partial charge in [-0.25, -0.2) is 0 Å². The molecule has 1 heterocycles. The topological polar surface area (TPSA) is 56.2 Å². The number of amides is 1. The summed E-state index contributed by atoms with van der Waals surface area (Å²) in [6.45, 7) is 7.15. The van der Waals surface area contributed by atoms with Crippen molar-refractivity contribution in [3.05, 3.63) is 82.1 Å². The number of nitrogens with one attached hydrogen (secondary N) is 1. The van der Waals surface area contributed by atoms with Crippen molar-refractivity contribution in [2.24, 2.45) is 0 Å². The number of rotatable bonds is 7. The maximum absolute atomic E-state index is 12.6. The van der Waals surface area contributed by atoms with Crippen LogP contribution in [-0.2, 0) is 13.2 Å². The second-order valence-electron chi connectivity index (χ2n) is 6.64. The Labute approximate surface area is 170 Å². The Morgan fingerprint density at radius 1 is 1.21 bits per heavy atom. The molecule has 0 aliphatic carbocycles. The van der Waals surface area contributed by atoms with Crippen molar-refractivity contribution in [3.63, 3.8) is 0 Å². The van der Waals surface area contributed by atoms with Crippen molar-refractivity contribution >= 4 is 17.5 Å². The lowest BCUT2D eigenvalue weighted by atomic mass is 10.1. The van der Waals surface area contributed by atoms with Crippen LogP contribution in [0.3, 0.4) is 0 Å².